The topological polar surface area (TPSA) is 47.3 Å². The number of oxazole rings is 1. The molecule has 0 bridgehead atoms. The standard InChI is InChI=1S/C14H18N2O2/c1-10-4-7-13(17-3)11(8-10)5-6-12-9-18-14(15-2)16-12/h4,7-9H,5-6H2,1-3H3,(H,15,16). The molecule has 0 radical (unpaired) electrons. The third-order valence-corrected chi connectivity index (χ3v) is 2.85. The Morgan fingerprint density at radius 1 is 1.33 bits per heavy atom. The summed E-state index contributed by atoms with van der Waals surface area (Å²) in [6.07, 6.45) is 3.42. The number of hydrogen-bond donors (Lipinski definition) is 1. The second kappa shape index (κ2) is 5.58. The van der Waals surface area contributed by atoms with Gasteiger partial charge < -0.3 is 14.5 Å². The first-order valence-electron chi connectivity index (χ1n) is 5.98. The minimum absolute atomic E-state index is 0.557. The summed E-state index contributed by atoms with van der Waals surface area (Å²) in [6, 6.07) is 6.77. The molecular formula is C14H18N2O2. The molecule has 18 heavy (non-hydrogen) atoms. The van der Waals surface area contributed by atoms with Gasteiger partial charge in [-0.15, -0.1) is 0 Å². The zero-order chi connectivity index (χ0) is 13.0. The predicted molar refractivity (Wildman–Crippen MR) is 71.2 cm³/mol. The van der Waals surface area contributed by atoms with Crippen LogP contribution in [0.3, 0.4) is 0 Å². The Labute approximate surface area is 107 Å². The summed E-state index contributed by atoms with van der Waals surface area (Å²) in [7, 11) is 3.49. The minimum Gasteiger partial charge on any atom is -0.496 e. The fourth-order valence-corrected chi connectivity index (χ4v) is 1.90. The van der Waals surface area contributed by atoms with Crippen molar-refractivity contribution in [2.24, 2.45) is 0 Å². The lowest BCUT2D eigenvalue weighted by molar-refractivity contribution is 0.409. The van der Waals surface area contributed by atoms with Gasteiger partial charge in [-0.05, 0) is 31.4 Å². The second-order valence-corrected chi connectivity index (χ2v) is 4.21. The van der Waals surface area contributed by atoms with Crippen molar-refractivity contribution in [1.29, 1.82) is 0 Å². The molecule has 0 aliphatic rings. The van der Waals surface area contributed by atoms with Crippen molar-refractivity contribution in [1.82, 2.24) is 4.98 Å². The van der Waals surface area contributed by atoms with Crippen LogP contribution in [-0.2, 0) is 12.8 Å². The normalized spacial score (nSPS) is 10.4. The largest absolute Gasteiger partial charge is 0.496 e. The van der Waals surface area contributed by atoms with Crippen molar-refractivity contribution in [3.05, 3.63) is 41.3 Å². The van der Waals surface area contributed by atoms with Crippen LogP contribution >= 0.6 is 0 Å². The van der Waals surface area contributed by atoms with Gasteiger partial charge in [-0.1, -0.05) is 17.7 Å². The Morgan fingerprint density at radius 3 is 2.83 bits per heavy atom. The molecule has 0 aliphatic carbocycles. The SMILES string of the molecule is CNc1nc(CCc2cc(C)ccc2OC)co1. The van der Waals surface area contributed by atoms with Gasteiger partial charge in [-0.2, -0.15) is 4.98 Å². The van der Waals surface area contributed by atoms with E-state index in [0.29, 0.717) is 6.01 Å². The monoisotopic (exact) mass is 246 g/mol. The average Bonchev–Trinajstić information content (AvgIpc) is 2.84. The molecule has 2 aromatic rings. The zero-order valence-corrected chi connectivity index (χ0v) is 11.0. The molecule has 0 saturated heterocycles. The maximum absolute atomic E-state index is 5.36. The Bertz CT molecular complexity index is 520. The molecule has 0 fully saturated rings. The highest BCUT2D eigenvalue weighted by Crippen LogP contribution is 2.21. The van der Waals surface area contributed by atoms with Crippen LogP contribution in [0.25, 0.3) is 0 Å². The van der Waals surface area contributed by atoms with E-state index in [1.165, 1.54) is 11.1 Å². The van der Waals surface area contributed by atoms with Gasteiger partial charge in [0.1, 0.15) is 12.0 Å². The molecule has 1 heterocycles. The number of aryl methyl sites for hydroxylation is 3. The van der Waals surface area contributed by atoms with Gasteiger partial charge in [-0.3, -0.25) is 0 Å². The third-order valence-electron chi connectivity index (χ3n) is 2.85. The first kappa shape index (κ1) is 12.5. The summed E-state index contributed by atoms with van der Waals surface area (Å²) < 4.78 is 10.6. The van der Waals surface area contributed by atoms with Crippen molar-refractivity contribution in [3.8, 4) is 5.75 Å². The van der Waals surface area contributed by atoms with Crippen LogP contribution in [0.2, 0.25) is 0 Å². The Balaban J connectivity index is 2.07. The number of nitrogens with one attached hydrogen (secondary N) is 1. The lowest BCUT2D eigenvalue weighted by Gasteiger charge is -2.08. The van der Waals surface area contributed by atoms with Crippen LogP contribution in [0, 0.1) is 6.92 Å². The summed E-state index contributed by atoms with van der Waals surface area (Å²) >= 11 is 0. The van der Waals surface area contributed by atoms with E-state index < -0.39 is 0 Å². The molecule has 4 heteroatoms. The number of aromatic nitrogens is 1. The maximum atomic E-state index is 5.36. The lowest BCUT2D eigenvalue weighted by Crippen LogP contribution is -1.97. The molecule has 0 amide bonds. The van der Waals surface area contributed by atoms with E-state index in [9.17, 15) is 0 Å². The molecule has 1 aromatic heterocycles. The van der Waals surface area contributed by atoms with E-state index in [0.717, 1.165) is 24.3 Å². The van der Waals surface area contributed by atoms with Gasteiger partial charge in [0, 0.05) is 7.05 Å². The molecule has 0 spiro atoms. The van der Waals surface area contributed by atoms with Crippen LogP contribution in [0.5, 0.6) is 5.75 Å². The van der Waals surface area contributed by atoms with E-state index in [1.807, 2.05) is 6.07 Å². The first-order chi connectivity index (χ1) is 8.72. The number of nitrogens with zero attached hydrogens (tertiary/aromatic N) is 1. The second-order valence-electron chi connectivity index (χ2n) is 4.21. The van der Waals surface area contributed by atoms with Gasteiger partial charge in [0.25, 0.3) is 6.01 Å². The van der Waals surface area contributed by atoms with Crippen LogP contribution in [0.4, 0.5) is 6.01 Å². The van der Waals surface area contributed by atoms with E-state index >= 15 is 0 Å². The molecule has 1 N–H and O–H groups in total. The maximum Gasteiger partial charge on any atom is 0.294 e. The van der Waals surface area contributed by atoms with Gasteiger partial charge in [0.15, 0.2) is 0 Å². The van der Waals surface area contributed by atoms with Crippen molar-refractivity contribution >= 4 is 6.01 Å². The van der Waals surface area contributed by atoms with Crippen LogP contribution in [-0.4, -0.2) is 19.1 Å². The van der Waals surface area contributed by atoms with Crippen LogP contribution in [0.15, 0.2) is 28.9 Å². The van der Waals surface area contributed by atoms with Gasteiger partial charge in [-0.25, -0.2) is 0 Å². The molecule has 2 rings (SSSR count). The van der Waals surface area contributed by atoms with Gasteiger partial charge in [0.05, 0.1) is 12.8 Å². The minimum atomic E-state index is 0.557. The zero-order valence-electron chi connectivity index (χ0n) is 11.0. The predicted octanol–water partition coefficient (Wildman–Crippen LogP) is 2.82. The summed E-state index contributed by atoms with van der Waals surface area (Å²) in [6.45, 7) is 2.08. The van der Waals surface area contributed by atoms with Crippen molar-refractivity contribution < 1.29 is 9.15 Å². The highest BCUT2D eigenvalue weighted by molar-refractivity contribution is 5.37. The molecular weight excluding hydrogens is 228 g/mol. The van der Waals surface area contributed by atoms with Crippen LogP contribution in [0.1, 0.15) is 16.8 Å². The molecule has 96 valence electrons. The van der Waals surface area contributed by atoms with E-state index in [1.54, 1.807) is 20.4 Å². The van der Waals surface area contributed by atoms with Crippen molar-refractivity contribution in [3.63, 3.8) is 0 Å². The highest BCUT2D eigenvalue weighted by atomic mass is 16.5. The highest BCUT2D eigenvalue weighted by Gasteiger charge is 2.06. The van der Waals surface area contributed by atoms with Crippen LogP contribution < -0.4 is 10.1 Å². The summed E-state index contributed by atoms with van der Waals surface area (Å²) in [4.78, 5) is 4.30. The summed E-state index contributed by atoms with van der Waals surface area (Å²) in [5, 5.41) is 2.87. The molecule has 1 aromatic carbocycles. The van der Waals surface area contributed by atoms with E-state index in [-0.39, 0.29) is 0 Å². The fourth-order valence-electron chi connectivity index (χ4n) is 1.90. The summed E-state index contributed by atoms with van der Waals surface area (Å²) in [5.41, 5.74) is 3.39. The molecule has 0 unspecified atom stereocenters. The quantitative estimate of drug-likeness (QED) is 0.881. The smallest absolute Gasteiger partial charge is 0.294 e. The molecule has 4 nitrogen and oxygen atoms in total. The molecule has 0 atom stereocenters. The number of anilines is 1. The average molecular weight is 246 g/mol. The Hall–Kier alpha value is -1.97. The first-order valence-corrected chi connectivity index (χ1v) is 5.98. The van der Waals surface area contributed by atoms with Gasteiger partial charge >= 0.3 is 0 Å². The molecule has 0 saturated carbocycles. The number of benzene rings is 1. The number of ether oxygens (including phenoxy) is 1. The van der Waals surface area contributed by atoms with Crippen molar-refractivity contribution in [2.45, 2.75) is 19.8 Å². The number of methoxy groups -OCH3 is 1. The molecule has 0 aliphatic heterocycles. The van der Waals surface area contributed by atoms with E-state index in [2.05, 4.69) is 29.4 Å². The van der Waals surface area contributed by atoms with Gasteiger partial charge in [0.2, 0.25) is 0 Å². The number of rotatable bonds is 5. The Kier molecular flexibility index (Phi) is 3.87. The lowest BCUT2D eigenvalue weighted by atomic mass is 10.0. The van der Waals surface area contributed by atoms with E-state index in [4.69, 9.17) is 9.15 Å². The summed E-state index contributed by atoms with van der Waals surface area (Å²) in [5.74, 6) is 0.929. The fraction of sp³-hybridized carbons (Fsp3) is 0.357. The Morgan fingerprint density at radius 2 is 2.17 bits per heavy atom. The third kappa shape index (κ3) is 2.83. The number of hydrogen-bond acceptors (Lipinski definition) is 4. The van der Waals surface area contributed by atoms with Crippen molar-refractivity contribution in [2.75, 3.05) is 19.5 Å².